The number of rotatable bonds is 5. The van der Waals surface area contributed by atoms with E-state index in [9.17, 15) is 14.7 Å². The Hall–Kier alpha value is -1.32. The molecule has 2 rings (SSSR count). The fraction of sp³-hybridized carbons (Fsp3) is 0.714. The van der Waals surface area contributed by atoms with Gasteiger partial charge in [-0.2, -0.15) is 0 Å². The topological polar surface area (TPSA) is 57.6 Å². The Bertz CT molecular complexity index is 373. The second kappa shape index (κ2) is 5.12. The number of allylic oxidation sites excluding steroid dienone is 2. The van der Waals surface area contributed by atoms with Crippen LogP contribution in [0.15, 0.2) is 11.6 Å². The van der Waals surface area contributed by atoms with E-state index in [1.54, 1.807) is 4.90 Å². The molecule has 1 amide bonds. The van der Waals surface area contributed by atoms with Gasteiger partial charge in [-0.3, -0.25) is 4.79 Å². The van der Waals surface area contributed by atoms with Crippen LogP contribution in [0.1, 0.15) is 39.5 Å². The Morgan fingerprint density at radius 1 is 1.56 bits per heavy atom. The van der Waals surface area contributed by atoms with Crippen LogP contribution in [0, 0.1) is 11.8 Å². The standard InChI is InChI=1S/C14H21NO3/c1-9-5-10(2)7-11(6-9)13(14(17)18)15(8-16)12-3-4-12/h5,8-9,11-13H,3-4,6-7H2,1-2H3,(H,17,18). The lowest BCUT2D eigenvalue weighted by Gasteiger charge is -2.35. The summed E-state index contributed by atoms with van der Waals surface area (Å²) in [7, 11) is 0. The van der Waals surface area contributed by atoms with Crippen molar-refractivity contribution in [3.63, 3.8) is 0 Å². The van der Waals surface area contributed by atoms with Gasteiger partial charge in [0.05, 0.1) is 0 Å². The van der Waals surface area contributed by atoms with Crippen LogP contribution in [0.2, 0.25) is 0 Å². The van der Waals surface area contributed by atoms with Crippen molar-refractivity contribution in [2.45, 2.75) is 51.6 Å². The molecule has 0 spiro atoms. The molecule has 0 aliphatic heterocycles. The fourth-order valence-electron chi connectivity index (χ4n) is 3.16. The number of aliphatic carboxylic acids is 1. The van der Waals surface area contributed by atoms with E-state index in [-0.39, 0.29) is 12.0 Å². The molecule has 4 heteroatoms. The number of carbonyl (C=O) groups excluding carboxylic acids is 1. The molecule has 0 aromatic rings. The average Bonchev–Trinajstić information content (AvgIpc) is 3.07. The number of carboxylic acid groups (broad SMARTS) is 1. The summed E-state index contributed by atoms with van der Waals surface area (Å²) in [6.07, 6.45) is 6.47. The monoisotopic (exact) mass is 251 g/mol. The summed E-state index contributed by atoms with van der Waals surface area (Å²) in [6, 6.07) is -0.494. The van der Waals surface area contributed by atoms with Crippen LogP contribution < -0.4 is 0 Å². The molecule has 0 aromatic carbocycles. The highest BCUT2D eigenvalue weighted by molar-refractivity contribution is 5.77. The maximum absolute atomic E-state index is 11.5. The SMILES string of the molecule is CC1=CC(C)CC(C(C(=O)O)N(C=O)C2CC2)C1. The van der Waals surface area contributed by atoms with Crippen molar-refractivity contribution in [3.8, 4) is 0 Å². The van der Waals surface area contributed by atoms with Gasteiger partial charge in [-0.1, -0.05) is 18.6 Å². The molecular formula is C14H21NO3. The van der Waals surface area contributed by atoms with Crippen LogP contribution in [-0.4, -0.2) is 34.5 Å². The van der Waals surface area contributed by atoms with Crippen LogP contribution >= 0.6 is 0 Å². The van der Waals surface area contributed by atoms with E-state index in [4.69, 9.17) is 0 Å². The minimum atomic E-state index is -0.860. The minimum Gasteiger partial charge on any atom is -0.480 e. The van der Waals surface area contributed by atoms with Gasteiger partial charge < -0.3 is 10.0 Å². The zero-order chi connectivity index (χ0) is 13.3. The number of carbonyl (C=O) groups is 2. The Kier molecular flexibility index (Phi) is 3.73. The van der Waals surface area contributed by atoms with Gasteiger partial charge in [-0.15, -0.1) is 0 Å². The molecule has 0 heterocycles. The molecule has 1 saturated carbocycles. The van der Waals surface area contributed by atoms with Crippen molar-refractivity contribution in [1.29, 1.82) is 0 Å². The molecule has 4 nitrogen and oxygen atoms in total. The van der Waals surface area contributed by atoms with Crippen molar-refractivity contribution in [2.24, 2.45) is 11.8 Å². The predicted octanol–water partition coefficient (Wildman–Crippen LogP) is 2.05. The maximum atomic E-state index is 11.5. The highest BCUT2D eigenvalue weighted by Gasteiger charge is 2.41. The van der Waals surface area contributed by atoms with E-state index < -0.39 is 12.0 Å². The molecule has 100 valence electrons. The Balaban J connectivity index is 2.17. The highest BCUT2D eigenvalue weighted by Crippen LogP contribution is 2.36. The van der Waals surface area contributed by atoms with Gasteiger partial charge in [0.2, 0.25) is 6.41 Å². The van der Waals surface area contributed by atoms with Gasteiger partial charge in [0.1, 0.15) is 6.04 Å². The molecule has 1 N–H and O–H groups in total. The molecule has 18 heavy (non-hydrogen) atoms. The molecule has 2 aliphatic carbocycles. The zero-order valence-electron chi connectivity index (χ0n) is 11.0. The Labute approximate surface area is 108 Å². The van der Waals surface area contributed by atoms with Gasteiger partial charge in [0.15, 0.2) is 0 Å². The Morgan fingerprint density at radius 3 is 2.67 bits per heavy atom. The number of amides is 1. The van der Waals surface area contributed by atoms with Gasteiger partial charge >= 0.3 is 5.97 Å². The molecule has 2 aliphatic rings. The third-order valence-corrected chi connectivity index (χ3v) is 3.94. The lowest BCUT2D eigenvalue weighted by molar-refractivity contribution is -0.149. The summed E-state index contributed by atoms with van der Waals surface area (Å²) in [5, 5.41) is 9.46. The fourth-order valence-corrected chi connectivity index (χ4v) is 3.16. The first kappa shape index (κ1) is 13.1. The van der Waals surface area contributed by atoms with Crippen molar-refractivity contribution in [2.75, 3.05) is 0 Å². The van der Waals surface area contributed by atoms with Crippen molar-refractivity contribution < 1.29 is 14.7 Å². The maximum Gasteiger partial charge on any atom is 0.326 e. The van der Waals surface area contributed by atoms with Crippen LogP contribution in [0.4, 0.5) is 0 Å². The smallest absolute Gasteiger partial charge is 0.326 e. The van der Waals surface area contributed by atoms with Crippen LogP contribution in [0.3, 0.4) is 0 Å². The normalized spacial score (nSPS) is 29.3. The van der Waals surface area contributed by atoms with E-state index >= 15 is 0 Å². The summed E-state index contributed by atoms with van der Waals surface area (Å²) < 4.78 is 0. The predicted molar refractivity (Wildman–Crippen MR) is 68.0 cm³/mol. The van der Waals surface area contributed by atoms with Crippen LogP contribution in [-0.2, 0) is 9.59 Å². The molecule has 0 saturated heterocycles. The molecule has 3 unspecified atom stereocenters. The summed E-state index contributed by atoms with van der Waals surface area (Å²) >= 11 is 0. The van der Waals surface area contributed by atoms with E-state index in [1.165, 1.54) is 5.57 Å². The average molecular weight is 251 g/mol. The van der Waals surface area contributed by atoms with Gasteiger partial charge in [0, 0.05) is 6.04 Å². The summed E-state index contributed by atoms with van der Waals surface area (Å²) in [5.41, 5.74) is 1.24. The second-order valence-corrected chi connectivity index (χ2v) is 5.76. The van der Waals surface area contributed by atoms with E-state index in [1.807, 2.05) is 6.92 Å². The number of nitrogens with zero attached hydrogens (tertiary/aromatic N) is 1. The lowest BCUT2D eigenvalue weighted by atomic mass is 9.79. The van der Waals surface area contributed by atoms with E-state index in [2.05, 4.69) is 13.0 Å². The third-order valence-electron chi connectivity index (χ3n) is 3.94. The summed E-state index contributed by atoms with van der Waals surface area (Å²) in [4.78, 5) is 24.3. The van der Waals surface area contributed by atoms with Gasteiger partial charge in [0.25, 0.3) is 0 Å². The first-order chi connectivity index (χ1) is 8.52. The van der Waals surface area contributed by atoms with E-state index in [0.29, 0.717) is 5.92 Å². The zero-order valence-corrected chi connectivity index (χ0v) is 11.0. The van der Waals surface area contributed by atoms with Crippen LogP contribution in [0.5, 0.6) is 0 Å². The molecular weight excluding hydrogens is 230 g/mol. The van der Waals surface area contributed by atoms with E-state index in [0.717, 1.165) is 32.1 Å². The first-order valence-electron chi connectivity index (χ1n) is 6.65. The molecule has 3 atom stereocenters. The molecule has 0 bridgehead atoms. The van der Waals surface area contributed by atoms with Crippen molar-refractivity contribution in [3.05, 3.63) is 11.6 Å². The third kappa shape index (κ3) is 2.74. The second-order valence-electron chi connectivity index (χ2n) is 5.76. The number of carboxylic acids is 1. The van der Waals surface area contributed by atoms with Crippen molar-refractivity contribution >= 4 is 12.4 Å². The summed E-state index contributed by atoms with van der Waals surface area (Å²) in [6.45, 7) is 4.15. The van der Waals surface area contributed by atoms with Crippen molar-refractivity contribution in [1.82, 2.24) is 4.90 Å². The molecule has 0 radical (unpaired) electrons. The molecule has 1 fully saturated rings. The number of hydrogen-bond donors (Lipinski definition) is 1. The lowest BCUT2D eigenvalue weighted by Crippen LogP contribution is -2.47. The minimum absolute atomic E-state index is 0.0494. The van der Waals surface area contributed by atoms with Crippen LogP contribution in [0.25, 0.3) is 0 Å². The quantitative estimate of drug-likeness (QED) is 0.601. The number of hydrogen-bond acceptors (Lipinski definition) is 2. The molecule has 0 aromatic heterocycles. The van der Waals surface area contributed by atoms with Gasteiger partial charge in [-0.25, -0.2) is 4.79 Å². The Morgan fingerprint density at radius 2 is 2.22 bits per heavy atom. The van der Waals surface area contributed by atoms with Gasteiger partial charge in [-0.05, 0) is 44.4 Å². The first-order valence-corrected chi connectivity index (χ1v) is 6.65. The summed E-state index contributed by atoms with van der Waals surface area (Å²) in [5.74, 6) is -0.410. The highest BCUT2D eigenvalue weighted by atomic mass is 16.4. The largest absolute Gasteiger partial charge is 0.480 e.